The van der Waals surface area contributed by atoms with Crippen molar-refractivity contribution in [2.24, 2.45) is 0 Å². The first-order valence-electron chi connectivity index (χ1n) is 12.8. The maximum absolute atomic E-state index is 13.5. The van der Waals surface area contributed by atoms with E-state index in [1.165, 1.54) is 37.0 Å². The van der Waals surface area contributed by atoms with E-state index >= 15 is 0 Å². The van der Waals surface area contributed by atoms with Gasteiger partial charge in [-0.3, -0.25) is 14.9 Å². The Balaban J connectivity index is 1.25. The van der Waals surface area contributed by atoms with Gasteiger partial charge in [-0.05, 0) is 85.1 Å². The van der Waals surface area contributed by atoms with Crippen LogP contribution in [0.25, 0.3) is 22.4 Å². The van der Waals surface area contributed by atoms with Crippen molar-refractivity contribution in [3.05, 3.63) is 108 Å². The van der Waals surface area contributed by atoms with Crippen molar-refractivity contribution in [2.45, 2.75) is 32.2 Å². The number of piperidine rings is 1. The molecule has 0 aliphatic carbocycles. The van der Waals surface area contributed by atoms with Crippen LogP contribution < -0.4 is 11.1 Å². The van der Waals surface area contributed by atoms with E-state index in [-0.39, 0.29) is 5.82 Å². The normalized spacial score (nSPS) is 13.9. The minimum Gasteiger partial charge on any atom is -0.398 e. The molecule has 0 amide bonds. The smallest absolute Gasteiger partial charge is 0.123 e. The first-order chi connectivity index (χ1) is 18.0. The van der Waals surface area contributed by atoms with Gasteiger partial charge in [0.05, 0.1) is 17.6 Å². The summed E-state index contributed by atoms with van der Waals surface area (Å²) in [5.74, 6) is -0.279. The molecule has 1 aliphatic rings. The van der Waals surface area contributed by atoms with Crippen molar-refractivity contribution in [2.75, 3.05) is 24.1 Å². The van der Waals surface area contributed by atoms with E-state index < -0.39 is 0 Å². The molecular weight excluding hydrogens is 461 g/mol. The molecule has 2 aromatic heterocycles. The Bertz CT molecular complexity index is 1380. The minimum absolute atomic E-state index is 0.279. The highest BCUT2D eigenvalue weighted by Gasteiger charge is 2.12. The molecule has 1 saturated heterocycles. The molecule has 0 spiro atoms. The second-order valence-corrected chi connectivity index (χ2v) is 9.68. The second-order valence-electron chi connectivity index (χ2n) is 9.68. The number of benzene rings is 2. The number of nitrogens with two attached hydrogens (primary N) is 1. The molecule has 0 bridgehead atoms. The third-order valence-corrected chi connectivity index (χ3v) is 6.73. The largest absolute Gasteiger partial charge is 0.398 e. The molecule has 0 unspecified atom stereocenters. The highest BCUT2D eigenvalue weighted by atomic mass is 19.1. The van der Waals surface area contributed by atoms with Crippen LogP contribution in [-0.4, -0.2) is 28.0 Å². The van der Waals surface area contributed by atoms with E-state index in [2.05, 4.69) is 38.9 Å². The molecule has 4 aromatic rings. The lowest BCUT2D eigenvalue weighted by Crippen LogP contribution is -2.29. The molecule has 2 aromatic carbocycles. The maximum atomic E-state index is 13.5. The summed E-state index contributed by atoms with van der Waals surface area (Å²) in [5, 5.41) is 3.32. The zero-order chi connectivity index (χ0) is 25.6. The van der Waals surface area contributed by atoms with Crippen LogP contribution in [0.2, 0.25) is 0 Å². The average Bonchev–Trinajstić information content (AvgIpc) is 2.91. The van der Waals surface area contributed by atoms with Gasteiger partial charge < -0.3 is 11.1 Å². The van der Waals surface area contributed by atoms with Gasteiger partial charge in [-0.25, -0.2) is 4.39 Å². The fourth-order valence-corrected chi connectivity index (χ4v) is 4.81. The summed E-state index contributed by atoms with van der Waals surface area (Å²) in [4.78, 5) is 11.5. The summed E-state index contributed by atoms with van der Waals surface area (Å²) >= 11 is 0. The summed E-state index contributed by atoms with van der Waals surface area (Å²) in [7, 11) is 0. The summed E-state index contributed by atoms with van der Waals surface area (Å²) in [6, 6.07) is 18.5. The molecular formula is C31H32FN5. The van der Waals surface area contributed by atoms with Crippen molar-refractivity contribution in [1.29, 1.82) is 0 Å². The first-order valence-corrected chi connectivity index (χ1v) is 12.8. The molecule has 6 heteroatoms. The fraction of sp³-hybridized carbons (Fsp3) is 0.226. The lowest BCUT2D eigenvalue weighted by atomic mass is 9.99. The Kier molecular flexibility index (Phi) is 7.57. The highest BCUT2D eigenvalue weighted by Crippen LogP contribution is 2.27. The molecule has 188 valence electrons. The number of aromatic nitrogens is 2. The van der Waals surface area contributed by atoms with Gasteiger partial charge in [0.2, 0.25) is 0 Å². The summed E-state index contributed by atoms with van der Waals surface area (Å²) in [6.45, 7) is 7.46. The number of nitrogen functional groups attached to an aromatic ring is 1. The molecule has 1 aliphatic heterocycles. The van der Waals surface area contributed by atoms with Crippen molar-refractivity contribution < 1.29 is 4.39 Å². The number of halogens is 1. The van der Waals surface area contributed by atoms with Gasteiger partial charge in [-0.2, -0.15) is 0 Å². The number of likely N-dealkylation sites (tertiary alicyclic amines) is 1. The third kappa shape index (κ3) is 6.40. The third-order valence-electron chi connectivity index (χ3n) is 6.73. The molecule has 3 heterocycles. The van der Waals surface area contributed by atoms with Gasteiger partial charge in [0.25, 0.3) is 0 Å². The van der Waals surface area contributed by atoms with Gasteiger partial charge in [0, 0.05) is 47.9 Å². The molecule has 0 saturated carbocycles. The predicted octanol–water partition coefficient (Wildman–Crippen LogP) is 6.69. The lowest BCUT2D eigenvalue weighted by molar-refractivity contribution is 0.220. The van der Waals surface area contributed by atoms with Crippen LogP contribution in [0.1, 0.15) is 30.4 Å². The summed E-state index contributed by atoms with van der Waals surface area (Å²) in [6.07, 6.45) is 10.1. The summed E-state index contributed by atoms with van der Waals surface area (Å²) < 4.78 is 13.5. The van der Waals surface area contributed by atoms with Crippen molar-refractivity contribution in [3.63, 3.8) is 0 Å². The van der Waals surface area contributed by atoms with Crippen LogP contribution in [0.4, 0.5) is 15.8 Å². The van der Waals surface area contributed by atoms with Gasteiger partial charge in [-0.1, -0.05) is 31.2 Å². The van der Waals surface area contributed by atoms with Crippen molar-refractivity contribution in [3.8, 4) is 22.4 Å². The van der Waals surface area contributed by atoms with E-state index in [4.69, 9.17) is 5.73 Å². The molecule has 3 N–H and O–H groups in total. The zero-order valence-electron chi connectivity index (χ0n) is 21.0. The Morgan fingerprint density at radius 2 is 1.78 bits per heavy atom. The molecule has 1 fully saturated rings. The fourth-order valence-electron chi connectivity index (χ4n) is 4.81. The maximum Gasteiger partial charge on any atom is 0.123 e. The van der Waals surface area contributed by atoms with E-state index in [9.17, 15) is 4.39 Å². The number of allylic oxidation sites excluding steroid dienone is 1. The average molecular weight is 494 g/mol. The quantitative estimate of drug-likeness (QED) is 0.268. The number of nitrogens with zero attached hydrogens (tertiary/aromatic N) is 3. The Morgan fingerprint density at radius 1 is 0.919 bits per heavy atom. The van der Waals surface area contributed by atoms with Crippen LogP contribution in [0, 0.1) is 5.82 Å². The molecule has 5 rings (SSSR count). The highest BCUT2D eigenvalue weighted by molar-refractivity contribution is 5.68. The number of nitrogens with one attached hydrogen (secondary N) is 1. The number of pyridine rings is 2. The second kappa shape index (κ2) is 11.4. The SMILES string of the molecule is C=C(Cc1cc(-c2cncc(CN3CCCCC3)c2)ccc1N)Nc1ccc(-c2cccc(F)c2)nc1. The van der Waals surface area contributed by atoms with E-state index in [0.29, 0.717) is 12.1 Å². The van der Waals surface area contributed by atoms with Gasteiger partial charge >= 0.3 is 0 Å². The summed E-state index contributed by atoms with van der Waals surface area (Å²) in [5.41, 5.74) is 14.5. The lowest BCUT2D eigenvalue weighted by Gasteiger charge is -2.26. The van der Waals surface area contributed by atoms with Crippen LogP contribution in [-0.2, 0) is 13.0 Å². The topological polar surface area (TPSA) is 67.1 Å². The molecule has 5 nitrogen and oxygen atoms in total. The Morgan fingerprint density at radius 3 is 2.57 bits per heavy atom. The standard InChI is InChI=1S/C31H32FN5/c1-22(36-29-9-11-31(35-20-29)25-6-5-7-28(32)17-25)14-26-16-24(8-10-30(26)33)27-15-23(18-34-19-27)21-37-12-3-2-4-13-37/h5-11,15-20,36H,1-4,12-14,21,33H2. The van der Waals surface area contributed by atoms with Gasteiger partial charge in [0.15, 0.2) is 0 Å². The number of hydrogen-bond acceptors (Lipinski definition) is 5. The van der Waals surface area contributed by atoms with Crippen LogP contribution in [0.5, 0.6) is 0 Å². The first kappa shape index (κ1) is 24.7. The number of anilines is 2. The van der Waals surface area contributed by atoms with Crippen LogP contribution >= 0.6 is 0 Å². The molecule has 0 radical (unpaired) electrons. The van der Waals surface area contributed by atoms with Gasteiger partial charge in [0.1, 0.15) is 5.82 Å². The molecule has 0 atom stereocenters. The van der Waals surface area contributed by atoms with E-state index in [1.807, 2.05) is 42.7 Å². The van der Waals surface area contributed by atoms with Crippen molar-refractivity contribution >= 4 is 11.4 Å². The zero-order valence-corrected chi connectivity index (χ0v) is 21.0. The van der Waals surface area contributed by atoms with E-state index in [0.717, 1.165) is 59.0 Å². The van der Waals surface area contributed by atoms with Crippen LogP contribution in [0.3, 0.4) is 0 Å². The van der Waals surface area contributed by atoms with Gasteiger partial charge in [-0.15, -0.1) is 0 Å². The minimum atomic E-state index is -0.279. The van der Waals surface area contributed by atoms with E-state index in [1.54, 1.807) is 12.3 Å². The van der Waals surface area contributed by atoms with Crippen molar-refractivity contribution in [1.82, 2.24) is 14.9 Å². The Hall–Kier alpha value is -4.03. The molecule has 37 heavy (non-hydrogen) atoms. The monoisotopic (exact) mass is 493 g/mol. The Labute approximate surface area is 217 Å². The number of hydrogen-bond donors (Lipinski definition) is 2. The predicted molar refractivity (Wildman–Crippen MR) is 149 cm³/mol. The van der Waals surface area contributed by atoms with Crippen LogP contribution in [0.15, 0.2) is 91.5 Å². The number of rotatable bonds is 8.